The highest BCUT2D eigenvalue weighted by atomic mass is 19.4. The minimum absolute atomic E-state index is 0.164. The predicted octanol–water partition coefficient (Wildman–Crippen LogP) is 4.76. The molecule has 1 fully saturated rings. The summed E-state index contributed by atoms with van der Waals surface area (Å²) in [4.78, 5) is 40.2. The molecule has 0 saturated carbocycles. The first kappa shape index (κ1) is 35.0. The number of halogens is 6. The number of furan rings is 1. The number of likely N-dealkylation sites (tertiary alicyclic amines) is 1. The molecule has 4 rings (SSSR count). The number of H-pyrrole nitrogens is 1. The molecule has 1 aliphatic heterocycles. The first-order valence-corrected chi connectivity index (χ1v) is 12.7. The Morgan fingerprint density at radius 3 is 2.05 bits per heavy atom. The lowest BCUT2D eigenvalue weighted by Gasteiger charge is -2.31. The number of nitrogens with zero attached hydrogens (tertiary/aromatic N) is 2. The van der Waals surface area contributed by atoms with Crippen LogP contribution in [0.1, 0.15) is 29.9 Å². The molecule has 1 aromatic carbocycles. The molecule has 0 amide bonds. The van der Waals surface area contributed by atoms with Crippen molar-refractivity contribution in [1.29, 1.82) is 0 Å². The lowest BCUT2D eigenvalue weighted by Crippen LogP contribution is -2.40. The number of carbonyl (C=O) groups is 2. The number of aryl methyl sites for hydroxylation is 2. The molecule has 43 heavy (non-hydrogen) atoms. The normalized spacial score (nSPS) is 14.3. The van der Waals surface area contributed by atoms with Gasteiger partial charge in [-0.1, -0.05) is 18.2 Å². The molecule has 0 spiro atoms. The molecule has 4 N–H and O–H groups in total. The van der Waals surface area contributed by atoms with Crippen molar-refractivity contribution in [3.63, 3.8) is 0 Å². The van der Waals surface area contributed by atoms with Gasteiger partial charge in [-0.3, -0.25) is 9.69 Å². The number of aromatic amines is 1. The quantitative estimate of drug-likeness (QED) is 0.296. The van der Waals surface area contributed by atoms with Gasteiger partial charge in [0, 0.05) is 29.8 Å². The van der Waals surface area contributed by atoms with E-state index >= 15 is 0 Å². The lowest BCUT2D eigenvalue weighted by atomic mass is 10.0. The van der Waals surface area contributed by atoms with Crippen molar-refractivity contribution in [3.8, 4) is 22.6 Å². The van der Waals surface area contributed by atoms with Crippen molar-refractivity contribution in [2.45, 2.75) is 51.6 Å². The summed E-state index contributed by atoms with van der Waals surface area (Å²) in [6, 6.07) is 12.4. The van der Waals surface area contributed by atoms with Crippen LogP contribution in [-0.2, 0) is 16.1 Å². The zero-order valence-corrected chi connectivity index (χ0v) is 23.3. The van der Waals surface area contributed by atoms with E-state index in [0.717, 1.165) is 42.3 Å². The number of piperidine rings is 1. The average Bonchev–Trinajstić information content (AvgIpc) is 3.26. The van der Waals surface area contributed by atoms with Crippen LogP contribution in [0.15, 0.2) is 45.6 Å². The zero-order valence-electron chi connectivity index (χ0n) is 23.3. The van der Waals surface area contributed by atoms with Crippen LogP contribution < -0.4 is 10.9 Å². The predicted molar refractivity (Wildman–Crippen MR) is 142 cm³/mol. The highest BCUT2D eigenvalue weighted by Gasteiger charge is 2.38. The van der Waals surface area contributed by atoms with Crippen LogP contribution in [0.5, 0.6) is 0 Å². The van der Waals surface area contributed by atoms with E-state index in [9.17, 15) is 31.1 Å². The molecule has 3 aromatic rings. The van der Waals surface area contributed by atoms with Gasteiger partial charge in [-0.2, -0.15) is 26.3 Å². The Morgan fingerprint density at radius 2 is 1.58 bits per heavy atom. The number of hydrogen-bond acceptors (Lipinski definition) is 7. The number of aliphatic carboxylic acids is 2. The van der Waals surface area contributed by atoms with Crippen LogP contribution in [0.2, 0.25) is 0 Å². The first-order chi connectivity index (χ1) is 19.9. The Hall–Kier alpha value is -4.18. The van der Waals surface area contributed by atoms with Crippen LogP contribution in [0, 0.1) is 13.8 Å². The summed E-state index contributed by atoms with van der Waals surface area (Å²) in [6.07, 6.45) is -7.81. The van der Waals surface area contributed by atoms with E-state index in [-0.39, 0.29) is 5.56 Å². The molecule has 0 bridgehead atoms. The summed E-state index contributed by atoms with van der Waals surface area (Å²) >= 11 is 0. The molecule has 3 heterocycles. The van der Waals surface area contributed by atoms with Gasteiger partial charge in [-0.05, 0) is 64.5 Å². The van der Waals surface area contributed by atoms with Crippen LogP contribution in [-0.4, -0.2) is 75.6 Å². The average molecular weight is 621 g/mol. The molecule has 0 atom stereocenters. The van der Waals surface area contributed by atoms with Crippen LogP contribution in [0.4, 0.5) is 26.3 Å². The second kappa shape index (κ2) is 14.8. The van der Waals surface area contributed by atoms with Gasteiger partial charge in [-0.25, -0.2) is 14.6 Å². The Morgan fingerprint density at radius 1 is 1.02 bits per heavy atom. The van der Waals surface area contributed by atoms with Gasteiger partial charge in [0.05, 0.1) is 5.69 Å². The Bertz CT molecular complexity index is 1420. The largest absolute Gasteiger partial charge is 0.490 e. The SMILES string of the molecule is CNC1CCN(Cc2cccc(-c3nc(-c4cc(C)oc4C)cc(=O)[nH]3)c2)CC1.O=C(O)C(F)(F)F.O=C(O)C(F)(F)F. The molecule has 236 valence electrons. The monoisotopic (exact) mass is 620 g/mol. The third-order valence-electron chi connectivity index (χ3n) is 6.15. The molecule has 1 saturated heterocycles. The number of hydrogen-bond donors (Lipinski definition) is 4. The molecule has 16 heteroatoms. The third kappa shape index (κ3) is 11.2. The van der Waals surface area contributed by atoms with Crippen molar-refractivity contribution in [2.75, 3.05) is 20.1 Å². The maximum Gasteiger partial charge on any atom is 0.490 e. The number of alkyl halides is 6. The summed E-state index contributed by atoms with van der Waals surface area (Å²) in [5.74, 6) is -3.35. The molecule has 0 aliphatic carbocycles. The molecule has 2 aromatic heterocycles. The number of carboxylic acids is 2. The van der Waals surface area contributed by atoms with Crippen molar-refractivity contribution >= 4 is 11.9 Å². The van der Waals surface area contributed by atoms with Crippen LogP contribution in [0.25, 0.3) is 22.6 Å². The minimum atomic E-state index is -5.08. The Balaban J connectivity index is 0.000000384. The highest BCUT2D eigenvalue weighted by Crippen LogP contribution is 2.26. The molecule has 10 nitrogen and oxygen atoms in total. The van der Waals surface area contributed by atoms with E-state index in [1.807, 2.05) is 39.1 Å². The molecule has 0 radical (unpaired) electrons. The van der Waals surface area contributed by atoms with Gasteiger partial charge >= 0.3 is 24.3 Å². The molecule has 1 aliphatic rings. The summed E-state index contributed by atoms with van der Waals surface area (Å²) in [7, 11) is 2.04. The second-order valence-corrected chi connectivity index (χ2v) is 9.45. The number of nitrogens with one attached hydrogen (secondary N) is 2. The smallest absolute Gasteiger partial charge is 0.475 e. The second-order valence-electron chi connectivity index (χ2n) is 9.45. The van der Waals surface area contributed by atoms with Crippen LogP contribution in [0.3, 0.4) is 0 Å². The summed E-state index contributed by atoms with van der Waals surface area (Å²) < 4.78 is 69.1. The third-order valence-corrected chi connectivity index (χ3v) is 6.15. The fraction of sp³-hybridized carbons (Fsp3) is 0.407. The zero-order chi connectivity index (χ0) is 32.5. The van der Waals surface area contributed by atoms with E-state index < -0.39 is 24.3 Å². The summed E-state index contributed by atoms with van der Waals surface area (Å²) in [5, 5.41) is 17.6. The number of benzene rings is 1. The van der Waals surface area contributed by atoms with Crippen molar-refractivity contribution in [1.82, 2.24) is 20.2 Å². The molecular formula is C27H30F6N4O6. The maximum atomic E-state index is 12.3. The van der Waals surface area contributed by atoms with E-state index in [0.29, 0.717) is 17.6 Å². The van der Waals surface area contributed by atoms with E-state index in [1.165, 1.54) is 24.5 Å². The Labute approximate surface area is 241 Å². The maximum absolute atomic E-state index is 12.3. The van der Waals surface area contributed by atoms with Crippen LogP contribution >= 0.6 is 0 Å². The minimum Gasteiger partial charge on any atom is -0.475 e. The standard InChI is InChI=1S/C23H28N4O2.2C2HF3O2/c1-15-11-20(16(2)29-15)21-13-22(28)26-23(25-21)18-6-4-5-17(12-18)14-27-9-7-19(24-3)8-10-27;2*3-2(4,5)1(6)7/h4-6,11-13,19,24H,7-10,14H2,1-3H3,(H,25,26,28);2*(H,6,7). The van der Waals surface area contributed by atoms with Gasteiger partial charge in [0.25, 0.3) is 5.56 Å². The molecular weight excluding hydrogens is 590 g/mol. The van der Waals surface area contributed by atoms with Crippen molar-refractivity contribution < 1.29 is 50.6 Å². The van der Waals surface area contributed by atoms with Gasteiger partial charge in [-0.15, -0.1) is 0 Å². The van der Waals surface area contributed by atoms with Gasteiger partial charge in [0.2, 0.25) is 0 Å². The summed E-state index contributed by atoms with van der Waals surface area (Å²) in [6.45, 7) is 6.89. The molecule has 0 unspecified atom stereocenters. The van der Waals surface area contributed by atoms with Crippen molar-refractivity contribution in [2.24, 2.45) is 0 Å². The first-order valence-electron chi connectivity index (χ1n) is 12.7. The van der Waals surface area contributed by atoms with E-state index in [2.05, 4.69) is 27.3 Å². The fourth-order valence-electron chi connectivity index (χ4n) is 4.07. The van der Waals surface area contributed by atoms with Crippen molar-refractivity contribution in [3.05, 3.63) is 63.8 Å². The lowest BCUT2D eigenvalue weighted by molar-refractivity contribution is -0.193. The fourth-order valence-corrected chi connectivity index (χ4v) is 4.07. The number of aromatic nitrogens is 2. The van der Waals surface area contributed by atoms with Gasteiger partial charge < -0.3 is 24.9 Å². The Kier molecular flexibility index (Phi) is 12.1. The van der Waals surface area contributed by atoms with Gasteiger partial charge in [0.1, 0.15) is 17.3 Å². The van der Waals surface area contributed by atoms with E-state index in [1.54, 1.807) is 0 Å². The topological polar surface area (TPSA) is 149 Å². The number of rotatable bonds is 5. The number of carboxylic acid groups (broad SMARTS) is 2. The van der Waals surface area contributed by atoms with Gasteiger partial charge in [0.15, 0.2) is 0 Å². The summed E-state index contributed by atoms with van der Waals surface area (Å²) in [5.41, 5.74) is 3.48. The highest BCUT2D eigenvalue weighted by molar-refractivity contribution is 5.73. The van der Waals surface area contributed by atoms with E-state index in [4.69, 9.17) is 29.2 Å².